The van der Waals surface area contributed by atoms with Crippen molar-refractivity contribution in [1.29, 1.82) is 0 Å². The van der Waals surface area contributed by atoms with E-state index in [4.69, 9.17) is 0 Å². The summed E-state index contributed by atoms with van der Waals surface area (Å²) in [5.41, 5.74) is 0. The lowest BCUT2D eigenvalue weighted by Gasteiger charge is -2.44. The maximum Gasteiger partial charge on any atom is 0.243 e. The molecule has 20 heavy (non-hydrogen) atoms. The minimum atomic E-state index is -0.428. The summed E-state index contributed by atoms with van der Waals surface area (Å²) in [4.78, 5) is 37.8. The van der Waals surface area contributed by atoms with Crippen molar-refractivity contribution in [3.8, 4) is 0 Å². The molecule has 0 aromatic heterocycles. The molecule has 0 radical (unpaired) electrons. The van der Waals surface area contributed by atoms with Crippen LogP contribution < -0.4 is 5.32 Å². The van der Waals surface area contributed by atoms with Gasteiger partial charge in [0.1, 0.15) is 6.04 Å². The van der Waals surface area contributed by atoms with E-state index >= 15 is 0 Å². The molecule has 3 atom stereocenters. The first-order chi connectivity index (χ1) is 9.54. The van der Waals surface area contributed by atoms with Crippen LogP contribution in [-0.2, 0) is 14.4 Å². The number of amides is 2. The standard InChI is InChI=1S/C15H24N2O3/c1-3-12(10(2)18)16-15(20)13-8-4-6-11-7-5-9-14(19)17(11)13/h11-13H,3-9H2,1-2H3,(H,16,20). The predicted octanol–water partition coefficient (Wildman–Crippen LogP) is 1.40. The Kier molecular flexibility index (Phi) is 4.78. The van der Waals surface area contributed by atoms with Gasteiger partial charge in [-0.15, -0.1) is 0 Å². The van der Waals surface area contributed by atoms with E-state index < -0.39 is 6.04 Å². The molecule has 2 aliphatic rings. The molecule has 0 bridgehead atoms. The van der Waals surface area contributed by atoms with Crippen LogP contribution in [0.5, 0.6) is 0 Å². The number of carbonyl (C=O) groups is 3. The molecule has 112 valence electrons. The fourth-order valence-electron chi connectivity index (χ4n) is 3.37. The zero-order valence-corrected chi connectivity index (χ0v) is 12.4. The Bertz CT molecular complexity index is 406. The van der Waals surface area contributed by atoms with Gasteiger partial charge < -0.3 is 10.2 Å². The predicted molar refractivity (Wildman–Crippen MR) is 75.0 cm³/mol. The summed E-state index contributed by atoms with van der Waals surface area (Å²) in [5.74, 6) is -0.0952. The fraction of sp³-hybridized carbons (Fsp3) is 0.800. The summed E-state index contributed by atoms with van der Waals surface area (Å²) in [5, 5.41) is 2.81. The lowest BCUT2D eigenvalue weighted by molar-refractivity contribution is -0.149. The lowest BCUT2D eigenvalue weighted by Crippen LogP contribution is -2.59. The SMILES string of the molecule is CCC(NC(=O)C1CCCC2CCCC(=O)N21)C(C)=O. The molecule has 2 amide bonds. The molecule has 0 spiro atoms. The van der Waals surface area contributed by atoms with Crippen molar-refractivity contribution in [3.05, 3.63) is 0 Å². The van der Waals surface area contributed by atoms with E-state index in [1.165, 1.54) is 6.92 Å². The highest BCUT2D eigenvalue weighted by Crippen LogP contribution is 2.31. The number of nitrogens with one attached hydrogen (secondary N) is 1. The number of hydrogen-bond donors (Lipinski definition) is 1. The molecule has 0 aliphatic carbocycles. The number of Topliss-reactive ketones (excluding diaryl/α,β-unsaturated/α-hetero) is 1. The number of piperidine rings is 2. The lowest BCUT2D eigenvalue weighted by atomic mass is 9.88. The molecule has 0 aromatic rings. The Labute approximate surface area is 120 Å². The van der Waals surface area contributed by atoms with Crippen LogP contribution in [0.1, 0.15) is 58.8 Å². The van der Waals surface area contributed by atoms with E-state index in [1.54, 1.807) is 4.90 Å². The molecule has 0 saturated carbocycles. The number of nitrogens with zero attached hydrogens (tertiary/aromatic N) is 1. The molecule has 3 unspecified atom stereocenters. The Morgan fingerprint density at radius 3 is 2.65 bits per heavy atom. The van der Waals surface area contributed by atoms with Crippen LogP contribution >= 0.6 is 0 Å². The quantitative estimate of drug-likeness (QED) is 0.846. The molecule has 5 heteroatoms. The maximum atomic E-state index is 12.4. The van der Waals surface area contributed by atoms with E-state index in [0.717, 1.165) is 25.7 Å². The fourth-order valence-corrected chi connectivity index (χ4v) is 3.37. The van der Waals surface area contributed by atoms with E-state index in [-0.39, 0.29) is 29.7 Å². The van der Waals surface area contributed by atoms with Gasteiger partial charge >= 0.3 is 0 Å². The van der Waals surface area contributed by atoms with Crippen LogP contribution in [0.4, 0.5) is 0 Å². The summed E-state index contributed by atoms with van der Waals surface area (Å²) in [6, 6.07) is -0.587. The van der Waals surface area contributed by atoms with Crippen molar-refractivity contribution in [2.45, 2.75) is 76.9 Å². The van der Waals surface area contributed by atoms with E-state index in [0.29, 0.717) is 19.3 Å². The maximum absolute atomic E-state index is 12.4. The van der Waals surface area contributed by atoms with Crippen LogP contribution in [0.3, 0.4) is 0 Å². The van der Waals surface area contributed by atoms with Crippen molar-refractivity contribution >= 4 is 17.6 Å². The second kappa shape index (κ2) is 6.37. The van der Waals surface area contributed by atoms with Gasteiger partial charge in [0.25, 0.3) is 0 Å². The van der Waals surface area contributed by atoms with Gasteiger partial charge in [-0.3, -0.25) is 14.4 Å². The first-order valence-corrected chi connectivity index (χ1v) is 7.66. The second-order valence-electron chi connectivity index (χ2n) is 5.87. The molecule has 2 heterocycles. The smallest absolute Gasteiger partial charge is 0.243 e. The van der Waals surface area contributed by atoms with Gasteiger partial charge in [0.2, 0.25) is 11.8 Å². The van der Waals surface area contributed by atoms with Gasteiger partial charge in [0, 0.05) is 12.5 Å². The highest BCUT2D eigenvalue weighted by Gasteiger charge is 2.40. The highest BCUT2D eigenvalue weighted by molar-refractivity contribution is 5.92. The van der Waals surface area contributed by atoms with Crippen LogP contribution in [0.15, 0.2) is 0 Å². The van der Waals surface area contributed by atoms with Gasteiger partial charge in [0.05, 0.1) is 6.04 Å². The van der Waals surface area contributed by atoms with Gasteiger partial charge in [-0.25, -0.2) is 0 Å². The Morgan fingerprint density at radius 1 is 1.30 bits per heavy atom. The second-order valence-corrected chi connectivity index (χ2v) is 5.87. The number of rotatable bonds is 4. The number of ketones is 1. The van der Waals surface area contributed by atoms with E-state index in [9.17, 15) is 14.4 Å². The third-order valence-electron chi connectivity index (χ3n) is 4.48. The van der Waals surface area contributed by atoms with Crippen molar-refractivity contribution < 1.29 is 14.4 Å². The largest absolute Gasteiger partial charge is 0.345 e. The number of carbonyl (C=O) groups excluding carboxylic acids is 3. The highest BCUT2D eigenvalue weighted by atomic mass is 16.2. The van der Waals surface area contributed by atoms with Gasteiger partial charge in [-0.2, -0.15) is 0 Å². The molecule has 2 saturated heterocycles. The van der Waals surface area contributed by atoms with Gasteiger partial charge in [-0.1, -0.05) is 6.92 Å². The van der Waals surface area contributed by atoms with Crippen molar-refractivity contribution in [1.82, 2.24) is 10.2 Å². The summed E-state index contributed by atoms with van der Waals surface area (Å²) in [6.45, 7) is 3.37. The van der Waals surface area contributed by atoms with Crippen molar-refractivity contribution in [3.63, 3.8) is 0 Å². The summed E-state index contributed by atoms with van der Waals surface area (Å²) in [7, 11) is 0. The third kappa shape index (κ3) is 3.02. The Morgan fingerprint density at radius 2 is 2.00 bits per heavy atom. The van der Waals surface area contributed by atoms with Crippen LogP contribution in [0.25, 0.3) is 0 Å². The Balaban J connectivity index is 2.07. The molecule has 2 rings (SSSR count). The molecular weight excluding hydrogens is 256 g/mol. The zero-order valence-electron chi connectivity index (χ0n) is 12.4. The van der Waals surface area contributed by atoms with Crippen LogP contribution in [0, 0.1) is 0 Å². The molecule has 2 fully saturated rings. The van der Waals surface area contributed by atoms with Crippen molar-refractivity contribution in [2.24, 2.45) is 0 Å². The summed E-state index contributed by atoms with van der Waals surface area (Å²) >= 11 is 0. The van der Waals surface area contributed by atoms with Crippen LogP contribution in [-0.4, -0.2) is 40.6 Å². The number of fused-ring (bicyclic) bond motifs is 1. The normalized spacial score (nSPS) is 27.7. The first kappa shape index (κ1) is 15.0. The van der Waals surface area contributed by atoms with Crippen LogP contribution in [0.2, 0.25) is 0 Å². The van der Waals surface area contributed by atoms with E-state index in [2.05, 4.69) is 5.32 Å². The summed E-state index contributed by atoms with van der Waals surface area (Å²) < 4.78 is 0. The minimum absolute atomic E-state index is 0.0295. The monoisotopic (exact) mass is 280 g/mol. The Hall–Kier alpha value is -1.39. The zero-order chi connectivity index (χ0) is 14.7. The summed E-state index contributed by atoms with van der Waals surface area (Å²) in [6.07, 6.45) is 5.75. The molecular formula is C15H24N2O3. The molecule has 0 aromatic carbocycles. The van der Waals surface area contributed by atoms with E-state index in [1.807, 2.05) is 6.92 Å². The topological polar surface area (TPSA) is 66.5 Å². The minimum Gasteiger partial charge on any atom is -0.345 e. The average Bonchev–Trinajstić information content (AvgIpc) is 2.43. The third-order valence-corrected chi connectivity index (χ3v) is 4.48. The average molecular weight is 280 g/mol. The molecule has 1 N–H and O–H groups in total. The van der Waals surface area contributed by atoms with Gasteiger partial charge in [-0.05, 0) is 45.4 Å². The molecule has 5 nitrogen and oxygen atoms in total. The van der Waals surface area contributed by atoms with Crippen molar-refractivity contribution in [2.75, 3.05) is 0 Å². The molecule has 2 aliphatic heterocycles. The first-order valence-electron chi connectivity index (χ1n) is 7.66. The van der Waals surface area contributed by atoms with Gasteiger partial charge in [0.15, 0.2) is 5.78 Å². The number of hydrogen-bond acceptors (Lipinski definition) is 3.